The number of piperidine rings is 1. The van der Waals surface area contributed by atoms with Crippen LogP contribution in [0.4, 0.5) is 10.5 Å². The summed E-state index contributed by atoms with van der Waals surface area (Å²) in [4.78, 5) is 18.1. The number of anilines is 1. The molecule has 7 rings (SSSR count). The van der Waals surface area contributed by atoms with Gasteiger partial charge < -0.3 is 24.4 Å². The first-order valence-electron chi connectivity index (χ1n) is 17.8. The number of amides is 1. The normalized spacial score (nSPS) is 21.9. The van der Waals surface area contributed by atoms with Crippen molar-refractivity contribution in [3.63, 3.8) is 0 Å². The third-order valence-electron chi connectivity index (χ3n) is 11.4. The number of nitrogens with one attached hydrogen (secondary N) is 1. The van der Waals surface area contributed by atoms with Gasteiger partial charge in [-0.15, -0.1) is 0 Å². The fourth-order valence-electron chi connectivity index (χ4n) is 8.93. The van der Waals surface area contributed by atoms with E-state index in [4.69, 9.17) is 4.74 Å². The fourth-order valence-corrected chi connectivity index (χ4v) is 10.2. The number of likely N-dealkylation sites (tertiary alicyclic amines) is 1. The van der Waals surface area contributed by atoms with E-state index in [1.807, 2.05) is 18.2 Å². The van der Waals surface area contributed by atoms with Crippen molar-refractivity contribution in [2.24, 2.45) is 17.8 Å². The molecule has 0 radical (unpaired) electrons. The first-order chi connectivity index (χ1) is 23.9. The lowest BCUT2D eigenvalue weighted by molar-refractivity contribution is 0.00209. The van der Waals surface area contributed by atoms with Gasteiger partial charge in [-0.05, 0) is 105 Å². The summed E-state index contributed by atoms with van der Waals surface area (Å²) in [6.45, 7) is 6.02. The summed E-state index contributed by atoms with van der Waals surface area (Å²) in [5.74, 6) is 1.28. The molecule has 3 aromatic carbocycles. The van der Waals surface area contributed by atoms with Crippen molar-refractivity contribution in [2.75, 3.05) is 44.7 Å². The van der Waals surface area contributed by atoms with E-state index >= 15 is 0 Å². The number of benzene rings is 3. The maximum atomic E-state index is 13.0. The van der Waals surface area contributed by atoms with Crippen molar-refractivity contribution >= 4 is 21.6 Å². The monoisotopic (exact) mass is 680 g/mol. The van der Waals surface area contributed by atoms with Gasteiger partial charge in [0.25, 0.3) is 0 Å². The number of rotatable bonds is 11. The van der Waals surface area contributed by atoms with E-state index in [0.29, 0.717) is 21.6 Å². The number of aromatic nitrogens is 1. The number of nitrogens with zero attached hydrogens (tertiary/aromatic N) is 3. The van der Waals surface area contributed by atoms with E-state index in [1.165, 1.54) is 5.56 Å². The zero-order chi connectivity index (χ0) is 33.8. The maximum Gasteiger partial charge on any atom is 0.407 e. The van der Waals surface area contributed by atoms with Crippen molar-refractivity contribution in [1.82, 2.24) is 14.8 Å². The largest absolute Gasteiger partial charge is 0.446 e. The molecular weight excluding hydrogens is 633 g/mol. The fraction of sp³-hybridized carbons (Fsp3) is 0.425. The van der Waals surface area contributed by atoms with Crippen LogP contribution in [0, 0.1) is 17.8 Å². The van der Waals surface area contributed by atoms with Crippen molar-refractivity contribution in [3.8, 4) is 0 Å². The van der Waals surface area contributed by atoms with Crippen molar-refractivity contribution in [1.29, 1.82) is 0 Å². The molecule has 3 unspecified atom stereocenters. The minimum absolute atomic E-state index is 0.109. The van der Waals surface area contributed by atoms with Gasteiger partial charge in [0.2, 0.25) is 9.84 Å². The zero-order valence-electron chi connectivity index (χ0n) is 28.4. The third-order valence-corrected chi connectivity index (χ3v) is 13.1. The van der Waals surface area contributed by atoms with E-state index in [-0.39, 0.29) is 23.5 Å². The number of hydrogen-bond donors (Lipinski definition) is 1. The highest BCUT2D eigenvalue weighted by Crippen LogP contribution is 2.52. The Morgan fingerprint density at radius 3 is 2.10 bits per heavy atom. The van der Waals surface area contributed by atoms with Crippen LogP contribution in [-0.4, -0.2) is 69.9 Å². The Hall–Kier alpha value is -4.08. The van der Waals surface area contributed by atoms with Gasteiger partial charge in [0, 0.05) is 68.6 Å². The Kier molecular flexibility index (Phi) is 9.83. The van der Waals surface area contributed by atoms with Crippen LogP contribution in [-0.2, 0) is 26.5 Å². The Labute approximate surface area is 291 Å². The summed E-state index contributed by atoms with van der Waals surface area (Å²) < 4.78 is 34.5. The summed E-state index contributed by atoms with van der Waals surface area (Å²) in [5, 5.41) is 2.69. The molecule has 1 amide bonds. The molecule has 3 fully saturated rings. The molecule has 2 aliphatic heterocycles. The SMILES string of the molecule is CNC(=O)OC1CCCC1C(Cn1cccc1)(c1ccccc1)C1CCN(CC2CN(c3ccc(S(=O)(=O)c4ccccc4)cc3)C2)CC1. The minimum atomic E-state index is -3.51. The van der Waals surface area contributed by atoms with Gasteiger partial charge in [-0.25, -0.2) is 13.2 Å². The summed E-state index contributed by atoms with van der Waals surface area (Å²) in [5.41, 5.74) is 2.27. The van der Waals surface area contributed by atoms with Crippen LogP contribution in [0.2, 0.25) is 0 Å². The summed E-state index contributed by atoms with van der Waals surface area (Å²) in [6, 6.07) is 31.2. The number of carbonyl (C=O) groups excluding carboxylic acids is 1. The van der Waals surface area contributed by atoms with Gasteiger partial charge in [0.05, 0.1) is 9.79 Å². The Balaban J connectivity index is 1.02. The van der Waals surface area contributed by atoms with Crippen LogP contribution >= 0.6 is 0 Å². The van der Waals surface area contributed by atoms with Crippen molar-refractivity contribution < 1.29 is 17.9 Å². The van der Waals surface area contributed by atoms with E-state index in [1.54, 1.807) is 43.4 Å². The molecule has 4 aromatic rings. The lowest BCUT2D eigenvalue weighted by Crippen LogP contribution is -2.55. The molecule has 0 bridgehead atoms. The van der Waals surface area contributed by atoms with Crippen LogP contribution in [0.5, 0.6) is 0 Å². The Morgan fingerprint density at radius 1 is 0.816 bits per heavy atom. The van der Waals surface area contributed by atoms with E-state index < -0.39 is 9.84 Å². The first-order valence-corrected chi connectivity index (χ1v) is 19.3. The molecule has 3 heterocycles. The van der Waals surface area contributed by atoms with E-state index in [2.05, 4.69) is 74.5 Å². The summed E-state index contributed by atoms with van der Waals surface area (Å²) in [6.07, 6.45) is 9.13. The molecule has 1 aromatic heterocycles. The van der Waals surface area contributed by atoms with Gasteiger partial charge in [-0.1, -0.05) is 48.5 Å². The number of sulfone groups is 1. The lowest BCUT2D eigenvalue weighted by atomic mass is 9.58. The maximum absolute atomic E-state index is 13.0. The quantitative estimate of drug-likeness (QED) is 0.192. The topological polar surface area (TPSA) is 83.9 Å². The van der Waals surface area contributed by atoms with Crippen LogP contribution in [0.15, 0.2) is 119 Å². The molecule has 2 saturated heterocycles. The molecule has 49 heavy (non-hydrogen) atoms. The van der Waals surface area contributed by atoms with Crippen molar-refractivity contribution in [3.05, 3.63) is 115 Å². The minimum Gasteiger partial charge on any atom is -0.446 e. The molecule has 1 aliphatic carbocycles. The average molecular weight is 681 g/mol. The molecule has 0 spiro atoms. The second kappa shape index (κ2) is 14.4. The summed E-state index contributed by atoms with van der Waals surface area (Å²) >= 11 is 0. The molecule has 9 heteroatoms. The van der Waals surface area contributed by atoms with Crippen LogP contribution in [0.25, 0.3) is 0 Å². The van der Waals surface area contributed by atoms with Gasteiger partial charge in [0.1, 0.15) is 6.10 Å². The molecular formula is C40H48N4O4S. The van der Waals surface area contributed by atoms with Crippen LogP contribution in [0.3, 0.4) is 0 Å². The molecule has 1 N–H and O–H groups in total. The smallest absolute Gasteiger partial charge is 0.407 e. The lowest BCUT2D eigenvalue weighted by Gasteiger charge is -2.51. The third kappa shape index (κ3) is 6.88. The van der Waals surface area contributed by atoms with Gasteiger partial charge in [0.15, 0.2) is 0 Å². The predicted molar refractivity (Wildman–Crippen MR) is 192 cm³/mol. The highest BCUT2D eigenvalue weighted by atomic mass is 32.2. The number of hydrogen-bond acceptors (Lipinski definition) is 6. The number of carbonyl (C=O) groups is 1. The van der Waals surface area contributed by atoms with Gasteiger partial charge in [-0.3, -0.25) is 0 Å². The highest BCUT2D eigenvalue weighted by molar-refractivity contribution is 7.91. The van der Waals surface area contributed by atoms with Gasteiger partial charge in [-0.2, -0.15) is 0 Å². The molecule has 1 saturated carbocycles. The molecule has 3 aliphatic rings. The summed E-state index contributed by atoms with van der Waals surface area (Å²) in [7, 11) is -1.87. The molecule has 258 valence electrons. The van der Waals surface area contributed by atoms with Crippen molar-refractivity contribution in [2.45, 2.75) is 60.0 Å². The van der Waals surface area contributed by atoms with Gasteiger partial charge >= 0.3 is 6.09 Å². The van der Waals surface area contributed by atoms with E-state index in [0.717, 1.165) is 77.1 Å². The predicted octanol–water partition coefficient (Wildman–Crippen LogP) is 6.63. The molecule has 8 nitrogen and oxygen atoms in total. The number of ether oxygens (including phenoxy) is 1. The average Bonchev–Trinajstić information content (AvgIpc) is 3.82. The Bertz CT molecular complexity index is 1770. The Morgan fingerprint density at radius 2 is 1.45 bits per heavy atom. The van der Waals surface area contributed by atoms with E-state index in [9.17, 15) is 13.2 Å². The zero-order valence-corrected chi connectivity index (χ0v) is 29.2. The molecule has 3 atom stereocenters. The van der Waals surface area contributed by atoms with Crippen LogP contribution in [0.1, 0.15) is 37.7 Å². The highest BCUT2D eigenvalue weighted by Gasteiger charge is 2.53. The first kappa shape index (κ1) is 33.4. The second-order valence-electron chi connectivity index (χ2n) is 14.1. The number of alkyl carbamates (subject to hydrolysis) is 1. The van der Waals surface area contributed by atoms with Crippen LogP contribution < -0.4 is 10.2 Å². The standard InChI is InChI=1S/C40H48N4O4S/c1-41-39(45)48-38-16-10-15-37(38)40(30-43-23-8-9-24-43,32-11-4-2-5-12-32)33-21-25-42(26-22-33)27-31-28-44(29-31)34-17-19-36(20-18-34)49(46,47)35-13-6-3-7-14-35/h2-9,11-14,17-20,23-24,31,33,37-38H,10,15-16,21-22,25-30H2,1H3,(H,41,45). The second-order valence-corrected chi connectivity index (χ2v) is 16.1.